The zero-order valence-electron chi connectivity index (χ0n) is 17.7. The number of benzene rings is 1. The van der Waals surface area contributed by atoms with Gasteiger partial charge in [-0.1, -0.05) is 24.3 Å². The van der Waals surface area contributed by atoms with Crippen LogP contribution in [0.4, 0.5) is 0 Å². The Kier molecular flexibility index (Phi) is 6.61. The van der Waals surface area contributed by atoms with E-state index in [0.717, 1.165) is 21.8 Å². The van der Waals surface area contributed by atoms with Crippen LogP contribution in [0.25, 0.3) is 22.3 Å². The molecule has 3 heterocycles. The van der Waals surface area contributed by atoms with E-state index in [1.165, 1.54) is 6.08 Å². The number of thiophene rings is 1. The number of amides is 2. The maximum atomic E-state index is 12.2. The first-order valence-corrected chi connectivity index (χ1v) is 10.9. The van der Waals surface area contributed by atoms with Gasteiger partial charge >= 0.3 is 5.97 Å². The molecule has 0 radical (unpaired) electrons. The Morgan fingerprint density at radius 1 is 1.09 bits per heavy atom. The van der Waals surface area contributed by atoms with Crippen LogP contribution in [0.3, 0.4) is 0 Å². The van der Waals surface area contributed by atoms with Crippen molar-refractivity contribution in [1.29, 1.82) is 0 Å². The van der Waals surface area contributed by atoms with Gasteiger partial charge in [-0.25, -0.2) is 9.48 Å². The molecule has 4 aromatic rings. The normalized spacial score (nSPS) is 10.9. The molecule has 4 rings (SSSR count). The molecule has 33 heavy (non-hydrogen) atoms. The Morgan fingerprint density at radius 3 is 2.61 bits per heavy atom. The number of hydrogen-bond donors (Lipinski definition) is 1. The largest absolute Gasteiger partial charge is 0.452 e. The fraction of sp³-hybridized carbons (Fsp3) is 0.0833. The van der Waals surface area contributed by atoms with Crippen molar-refractivity contribution in [2.45, 2.75) is 0 Å². The molecule has 2 amide bonds. The molecule has 1 aromatic carbocycles. The summed E-state index contributed by atoms with van der Waals surface area (Å²) >= 11 is 1.54. The third-order valence-corrected chi connectivity index (χ3v) is 5.57. The van der Waals surface area contributed by atoms with Crippen molar-refractivity contribution in [2.75, 3.05) is 6.61 Å². The first-order valence-electron chi connectivity index (χ1n) is 10.0. The smallest absolute Gasteiger partial charge is 0.331 e. The minimum atomic E-state index is -0.709. The lowest BCUT2D eigenvalue weighted by molar-refractivity contribution is -0.143. The van der Waals surface area contributed by atoms with Crippen LogP contribution < -0.4 is 5.32 Å². The average molecular weight is 461 g/mol. The number of carbonyl (C=O) groups excluding carboxylic acids is 3. The molecule has 0 atom stereocenters. The van der Waals surface area contributed by atoms with Gasteiger partial charge in [-0.3, -0.25) is 14.9 Å². The van der Waals surface area contributed by atoms with Crippen molar-refractivity contribution in [3.05, 3.63) is 89.7 Å². The zero-order valence-corrected chi connectivity index (χ0v) is 18.5. The molecule has 166 valence electrons. The summed E-state index contributed by atoms with van der Waals surface area (Å²) in [4.78, 5) is 37.1. The number of ether oxygens (including phenoxy) is 1. The van der Waals surface area contributed by atoms with Gasteiger partial charge in [-0.05, 0) is 41.8 Å². The van der Waals surface area contributed by atoms with Crippen LogP contribution in [0.15, 0.2) is 78.4 Å². The van der Waals surface area contributed by atoms with Crippen LogP contribution in [0.1, 0.15) is 16.1 Å². The highest BCUT2D eigenvalue weighted by molar-refractivity contribution is 7.13. The molecule has 3 aromatic heterocycles. The summed E-state index contributed by atoms with van der Waals surface area (Å²) in [7, 11) is 1.69. The lowest BCUT2D eigenvalue weighted by atomic mass is 10.2. The number of para-hydroxylation sites is 1. The second kappa shape index (κ2) is 9.92. The van der Waals surface area contributed by atoms with Crippen molar-refractivity contribution < 1.29 is 19.1 Å². The van der Waals surface area contributed by atoms with E-state index in [2.05, 4.69) is 10.4 Å². The number of aromatic nitrogens is 3. The van der Waals surface area contributed by atoms with Crippen molar-refractivity contribution in [1.82, 2.24) is 19.7 Å². The Hall–Kier alpha value is -4.24. The highest BCUT2D eigenvalue weighted by atomic mass is 32.1. The Bertz CT molecular complexity index is 1300. The van der Waals surface area contributed by atoms with Gasteiger partial charge in [0.15, 0.2) is 6.61 Å². The molecule has 0 aliphatic carbocycles. The van der Waals surface area contributed by atoms with E-state index in [9.17, 15) is 14.4 Å². The number of esters is 1. The second-order valence-electron chi connectivity index (χ2n) is 7.01. The number of rotatable bonds is 7. The lowest BCUT2D eigenvalue weighted by Gasteiger charge is -2.05. The minimum Gasteiger partial charge on any atom is -0.452 e. The van der Waals surface area contributed by atoms with E-state index < -0.39 is 24.4 Å². The van der Waals surface area contributed by atoms with Gasteiger partial charge in [0.05, 0.1) is 10.6 Å². The number of carbonyl (C=O) groups is 3. The molecule has 0 bridgehead atoms. The molecular formula is C24H20N4O4S. The monoisotopic (exact) mass is 460 g/mol. The van der Waals surface area contributed by atoms with Crippen LogP contribution in [0.5, 0.6) is 0 Å². The second-order valence-corrected chi connectivity index (χ2v) is 7.96. The number of imide groups is 1. The highest BCUT2D eigenvalue weighted by Gasteiger charge is 2.15. The lowest BCUT2D eigenvalue weighted by Crippen LogP contribution is -2.34. The quantitative estimate of drug-likeness (QED) is 0.337. The predicted octanol–water partition coefficient (Wildman–Crippen LogP) is 3.45. The fourth-order valence-corrected chi connectivity index (χ4v) is 3.82. The highest BCUT2D eigenvalue weighted by Crippen LogP contribution is 2.28. The maximum absolute atomic E-state index is 12.2. The predicted molar refractivity (Wildman–Crippen MR) is 125 cm³/mol. The summed E-state index contributed by atoms with van der Waals surface area (Å²) in [6.45, 7) is -0.569. The first-order chi connectivity index (χ1) is 16.0. The van der Waals surface area contributed by atoms with Gasteiger partial charge < -0.3 is 9.30 Å². The van der Waals surface area contributed by atoms with E-state index in [-0.39, 0.29) is 0 Å². The summed E-state index contributed by atoms with van der Waals surface area (Å²) < 4.78 is 8.29. The molecule has 0 unspecified atom stereocenters. The summed E-state index contributed by atoms with van der Waals surface area (Å²) in [5.41, 5.74) is 2.66. The molecule has 0 aliphatic rings. The molecule has 0 saturated carbocycles. The van der Waals surface area contributed by atoms with Crippen LogP contribution >= 0.6 is 11.3 Å². The summed E-state index contributed by atoms with van der Waals surface area (Å²) in [6.07, 6.45) is 6.33. The Morgan fingerprint density at radius 2 is 1.91 bits per heavy atom. The molecule has 0 fully saturated rings. The van der Waals surface area contributed by atoms with Crippen molar-refractivity contribution in [3.63, 3.8) is 0 Å². The molecule has 1 N–H and O–H groups in total. The SMILES string of the molecule is Cn1cccc1C(=O)NC(=O)COC(=O)/C=C/c1cn(-c2ccccc2)nc1-c1cccs1. The van der Waals surface area contributed by atoms with Crippen LogP contribution in [-0.4, -0.2) is 38.7 Å². The molecule has 9 heteroatoms. The van der Waals surface area contributed by atoms with E-state index in [0.29, 0.717) is 5.69 Å². The molecule has 0 saturated heterocycles. The van der Waals surface area contributed by atoms with Gasteiger partial charge in [-0.15, -0.1) is 11.3 Å². The molecular weight excluding hydrogens is 440 g/mol. The van der Waals surface area contributed by atoms with Crippen molar-refractivity contribution >= 4 is 35.2 Å². The summed E-state index contributed by atoms with van der Waals surface area (Å²) in [5, 5.41) is 8.80. The van der Waals surface area contributed by atoms with E-state index in [1.807, 2.05) is 54.0 Å². The summed E-state index contributed by atoms with van der Waals surface area (Å²) in [5.74, 6) is -1.98. The summed E-state index contributed by atoms with van der Waals surface area (Å²) in [6, 6.07) is 16.8. The number of aryl methyl sites for hydroxylation is 1. The topological polar surface area (TPSA) is 95.2 Å². The minimum absolute atomic E-state index is 0.325. The van der Waals surface area contributed by atoms with Gasteiger partial charge in [0, 0.05) is 31.1 Å². The number of nitrogens with one attached hydrogen (secondary N) is 1. The first kappa shape index (κ1) is 22.0. The molecule has 8 nitrogen and oxygen atoms in total. The molecule has 0 aliphatic heterocycles. The van der Waals surface area contributed by atoms with E-state index in [1.54, 1.807) is 52.0 Å². The van der Waals surface area contributed by atoms with E-state index in [4.69, 9.17) is 4.74 Å². The number of nitrogens with zero attached hydrogens (tertiary/aromatic N) is 3. The van der Waals surface area contributed by atoms with Crippen molar-refractivity contribution in [2.24, 2.45) is 7.05 Å². The van der Waals surface area contributed by atoms with E-state index >= 15 is 0 Å². The standard InChI is InChI=1S/C24H20N4O4S/c1-27-13-5-9-19(27)24(31)25-21(29)16-32-22(30)12-11-17-15-28(18-7-3-2-4-8-18)26-23(17)20-10-6-14-33-20/h2-15H,16H2,1H3,(H,25,29,31)/b12-11+. The van der Waals surface area contributed by atoms with Gasteiger partial charge in [-0.2, -0.15) is 5.10 Å². The van der Waals surface area contributed by atoms with Gasteiger partial charge in [0.1, 0.15) is 11.4 Å². The van der Waals surface area contributed by atoms with Crippen molar-refractivity contribution in [3.8, 4) is 16.3 Å². The Labute approximate surface area is 193 Å². The molecule has 0 spiro atoms. The third kappa shape index (κ3) is 5.34. The van der Waals surface area contributed by atoms with Crippen LogP contribution in [0.2, 0.25) is 0 Å². The van der Waals surface area contributed by atoms with Crippen LogP contribution in [-0.2, 0) is 21.4 Å². The number of hydrogen-bond acceptors (Lipinski definition) is 6. The van der Waals surface area contributed by atoms with Gasteiger partial charge in [0.25, 0.3) is 11.8 Å². The van der Waals surface area contributed by atoms with Crippen LogP contribution in [0, 0.1) is 0 Å². The average Bonchev–Trinajstić information content (AvgIpc) is 3.57. The van der Waals surface area contributed by atoms with Gasteiger partial charge in [0.2, 0.25) is 0 Å². The third-order valence-electron chi connectivity index (χ3n) is 4.69. The fourth-order valence-electron chi connectivity index (χ4n) is 3.09. The zero-order chi connectivity index (χ0) is 23.2. The maximum Gasteiger partial charge on any atom is 0.331 e. The Balaban J connectivity index is 1.41.